The van der Waals surface area contributed by atoms with Gasteiger partial charge in [-0.25, -0.2) is 0 Å². The van der Waals surface area contributed by atoms with Crippen LogP contribution in [0, 0.1) is 0 Å². The smallest absolute Gasteiger partial charge is 0.251 e. The highest BCUT2D eigenvalue weighted by Crippen LogP contribution is 2.24. The number of halogens is 1. The summed E-state index contributed by atoms with van der Waals surface area (Å²) in [6, 6.07) is 20.9. The molecular weight excluding hydrogens is 372 g/mol. The third-order valence-electron chi connectivity index (χ3n) is 4.64. The van der Waals surface area contributed by atoms with Gasteiger partial charge >= 0.3 is 0 Å². The molecule has 144 valence electrons. The SMILES string of the molecule is CC(NC(=O)CCCNC(=O)c1ccc(Cl)cc1)c1cccc2ccccc12. The van der Waals surface area contributed by atoms with Crippen molar-refractivity contribution in [1.29, 1.82) is 0 Å². The molecule has 4 nitrogen and oxygen atoms in total. The number of rotatable bonds is 7. The molecule has 0 saturated carbocycles. The zero-order valence-electron chi connectivity index (χ0n) is 15.7. The third-order valence-corrected chi connectivity index (χ3v) is 4.89. The summed E-state index contributed by atoms with van der Waals surface area (Å²) in [4.78, 5) is 24.3. The average molecular weight is 395 g/mol. The van der Waals surface area contributed by atoms with Gasteiger partial charge in [0, 0.05) is 23.6 Å². The van der Waals surface area contributed by atoms with Crippen molar-refractivity contribution < 1.29 is 9.59 Å². The molecule has 0 aliphatic carbocycles. The number of carbonyl (C=O) groups is 2. The molecule has 3 rings (SSSR count). The Morgan fingerprint density at radius 2 is 1.68 bits per heavy atom. The minimum atomic E-state index is -0.166. The quantitative estimate of drug-likeness (QED) is 0.561. The van der Waals surface area contributed by atoms with Crippen LogP contribution in [0.15, 0.2) is 66.7 Å². The molecule has 1 unspecified atom stereocenters. The second-order valence-corrected chi connectivity index (χ2v) is 7.16. The Kier molecular flexibility index (Phi) is 6.66. The van der Waals surface area contributed by atoms with Gasteiger partial charge in [0.25, 0.3) is 5.91 Å². The van der Waals surface area contributed by atoms with Gasteiger partial charge in [-0.05, 0) is 53.9 Å². The van der Waals surface area contributed by atoms with Crippen LogP contribution in [0.5, 0.6) is 0 Å². The van der Waals surface area contributed by atoms with E-state index >= 15 is 0 Å². The highest BCUT2D eigenvalue weighted by atomic mass is 35.5. The Labute approximate surface area is 169 Å². The van der Waals surface area contributed by atoms with Gasteiger partial charge in [-0.15, -0.1) is 0 Å². The molecule has 5 heteroatoms. The molecule has 0 spiro atoms. The largest absolute Gasteiger partial charge is 0.352 e. The summed E-state index contributed by atoms with van der Waals surface area (Å²) in [6.07, 6.45) is 0.934. The number of nitrogens with one attached hydrogen (secondary N) is 2. The van der Waals surface area contributed by atoms with Crippen LogP contribution in [0.3, 0.4) is 0 Å². The van der Waals surface area contributed by atoms with Crippen LogP contribution in [-0.4, -0.2) is 18.4 Å². The maximum absolute atomic E-state index is 12.3. The fourth-order valence-electron chi connectivity index (χ4n) is 3.17. The Bertz CT molecular complexity index is 965. The second kappa shape index (κ2) is 9.38. The summed E-state index contributed by atoms with van der Waals surface area (Å²) >= 11 is 5.82. The van der Waals surface area contributed by atoms with E-state index in [4.69, 9.17) is 11.6 Å². The van der Waals surface area contributed by atoms with E-state index in [-0.39, 0.29) is 17.9 Å². The molecule has 0 heterocycles. The molecule has 0 radical (unpaired) electrons. The molecule has 0 bridgehead atoms. The van der Waals surface area contributed by atoms with E-state index in [0.29, 0.717) is 30.0 Å². The molecule has 0 aromatic heterocycles. The minimum Gasteiger partial charge on any atom is -0.352 e. The number of hydrogen-bond donors (Lipinski definition) is 2. The van der Waals surface area contributed by atoms with Crippen LogP contribution in [-0.2, 0) is 4.79 Å². The molecule has 3 aromatic rings. The molecule has 0 saturated heterocycles. The molecule has 2 N–H and O–H groups in total. The lowest BCUT2D eigenvalue weighted by atomic mass is 9.99. The topological polar surface area (TPSA) is 58.2 Å². The lowest BCUT2D eigenvalue weighted by Crippen LogP contribution is -2.29. The van der Waals surface area contributed by atoms with Crippen LogP contribution >= 0.6 is 11.6 Å². The number of carbonyl (C=O) groups excluding carboxylic acids is 2. The first kappa shape index (κ1) is 19.9. The van der Waals surface area contributed by atoms with Crippen LogP contribution in [0.2, 0.25) is 5.02 Å². The van der Waals surface area contributed by atoms with Gasteiger partial charge in [-0.1, -0.05) is 54.1 Å². The standard InChI is InChI=1S/C23H23ClN2O2/c1-16(20-9-4-7-17-6-2-3-8-21(17)20)26-22(27)10-5-15-25-23(28)18-11-13-19(24)14-12-18/h2-4,6-9,11-14,16H,5,10,15H2,1H3,(H,25,28)(H,26,27). The first-order chi connectivity index (χ1) is 13.5. The highest BCUT2D eigenvalue weighted by Gasteiger charge is 2.12. The van der Waals surface area contributed by atoms with E-state index in [0.717, 1.165) is 16.3 Å². The average Bonchev–Trinajstić information content (AvgIpc) is 2.71. The lowest BCUT2D eigenvalue weighted by Gasteiger charge is -2.16. The Hall–Kier alpha value is -2.85. The molecule has 1 atom stereocenters. The molecule has 0 fully saturated rings. The Morgan fingerprint density at radius 1 is 0.964 bits per heavy atom. The fraction of sp³-hybridized carbons (Fsp3) is 0.217. The van der Waals surface area contributed by atoms with E-state index in [1.807, 2.05) is 31.2 Å². The van der Waals surface area contributed by atoms with E-state index in [9.17, 15) is 9.59 Å². The number of amides is 2. The molecule has 28 heavy (non-hydrogen) atoms. The van der Waals surface area contributed by atoms with Crippen molar-refractivity contribution in [3.63, 3.8) is 0 Å². The summed E-state index contributed by atoms with van der Waals surface area (Å²) in [7, 11) is 0. The normalized spacial score (nSPS) is 11.8. The van der Waals surface area contributed by atoms with E-state index in [2.05, 4.69) is 28.8 Å². The molecule has 3 aromatic carbocycles. The third kappa shape index (κ3) is 5.11. The van der Waals surface area contributed by atoms with Gasteiger partial charge in [0.05, 0.1) is 6.04 Å². The summed E-state index contributed by atoms with van der Waals surface area (Å²) in [5.74, 6) is -0.192. The summed E-state index contributed by atoms with van der Waals surface area (Å²) in [5.41, 5.74) is 1.65. The van der Waals surface area contributed by atoms with E-state index in [1.165, 1.54) is 0 Å². The number of benzene rings is 3. The van der Waals surface area contributed by atoms with Crippen molar-refractivity contribution in [1.82, 2.24) is 10.6 Å². The first-order valence-corrected chi connectivity index (χ1v) is 9.73. The summed E-state index contributed by atoms with van der Waals surface area (Å²) in [6.45, 7) is 2.43. The Balaban J connectivity index is 1.46. The van der Waals surface area contributed by atoms with Gasteiger partial charge in [0.1, 0.15) is 0 Å². The van der Waals surface area contributed by atoms with Crippen molar-refractivity contribution in [2.75, 3.05) is 6.54 Å². The van der Waals surface area contributed by atoms with Crippen molar-refractivity contribution in [2.45, 2.75) is 25.8 Å². The van der Waals surface area contributed by atoms with Crippen LogP contribution in [0.25, 0.3) is 10.8 Å². The molecule has 0 aliphatic heterocycles. The van der Waals surface area contributed by atoms with Gasteiger partial charge in [0.15, 0.2) is 0 Å². The lowest BCUT2D eigenvalue weighted by molar-refractivity contribution is -0.121. The first-order valence-electron chi connectivity index (χ1n) is 9.35. The molecule has 2 amide bonds. The van der Waals surface area contributed by atoms with E-state index < -0.39 is 0 Å². The monoisotopic (exact) mass is 394 g/mol. The molecule has 0 aliphatic rings. The predicted molar refractivity (Wildman–Crippen MR) is 114 cm³/mol. The van der Waals surface area contributed by atoms with Crippen LogP contribution in [0.4, 0.5) is 0 Å². The van der Waals surface area contributed by atoms with Crippen molar-refractivity contribution in [2.24, 2.45) is 0 Å². The van der Waals surface area contributed by atoms with Gasteiger partial charge < -0.3 is 10.6 Å². The highest BCUT2D eigenvalue weighted by molar-refractivity contribution is 6.30. The second-order valence-electron chi connectivity index (χ2n) is 6.72. The Morgan fingerprint density at radius 3 is 2.46 bits per heavy atom. The van der Waals surface area contributed by atoms with Crippen LogP contribution < -0.4 is 10.6 Å². The van der Waals surface area contributed by atoms with Crippen LogP contribution in [0.1, 0.15) is 41.7 Å². The number of fused-ring (bicyclic) bond motifs is 1. The zero-order valence-corrected chi connectivity index (χ0v) is 16.5. The van der Waals surface area contributed by atoms with Gasteiger partial charge in [-0.2, -0.15) is 0 Å². The maximum atomic E-state index is 12.3. The van der Waals surface area contributed by atoms with Crippen molar-refractivity contribution in [3.8, 4) is 0 Å². The summed E-state index contributed by atoms with van der Waals surface area (Å²) < 4.78 is 0. The van der Waals surface area contributed by atoms with Gasteiger partial charge in [0.2, 0.25) is 5.91 Å². The molecular formula is C23H23ClN2O2. The van der Waals surface area contributed by atoms with Crippen molar-refractivity contribution >= 4 is 34.2 Å². The predicted octanol–water partition coefficient (Wildman–Crippen LogP) is 4.88. The van der Waals surface area contributed by atoms with E-state index in [1.54, 1.807) is 24.3 Å². The van der Waals surface area contributed by atoms with Crippen molar-refractivity contribution in [3.05, 3.63) is 82.9 Å². The fourth-order valence-corrected chi connectivity index (χ4v) is 3.30. The maximum Gasteiger partial charge on any atom is 0.251 e. The number of hydrogen-bond acceptors (Lipinski definition) is 2. The summed E-state index contributed by atoms with van der Waals surface area (Å²) in [5, 5.41) is 8.76. The van der Waals surface area contributed by atoms with Gasteiger partial charge in [-0.3, -0.25) is 9.59 Å². The zero-order chi connectivity index (χ0) is 19.9. The minimum absolute atomic E-state index is 0.0267.